The molecular formula is C17H27N3O2. The number of methoxy groups -OCH3 is 1. The molecule has 5 heteroatoms. The number of nitrogens with one attached hydrogen (secondary N) is 1. The van der Waals surface area contributed by atoms with E-state index in [9.17, 15) is 4.79 Å². The number of hydrogen-bond donors (Lipinski definition) is 1. The second kappa shape index (κ2) is 7.49. The molecule has 1 aliphatic rings. The summed E-state index contributed by atoms with van der Waals surface area (Å²) < 4.78 is 5.18. The first-order valence-electron chi connectivity index (χ1n) is 7.95. The van der Waals surface area contributed by atoms with Crippen molar-refractivity contribution in [1.29, 1.82) is 0 Å². The largest absolute Gasteiger partial charge is 0.497 e. The van der Waals surface area contributed by atoms with Gasteiger partial charge in [-0.25, -0.2) is 4.79 Å². The normalized spacial score (nSPS) is 22.2. The van der Waals surface area contributed by atoms with E-state index in [0.717, 1.165) is 37.5 Å². The quantitative estimate of drug-likeness (QED) is 0.930. The average molecular weight is 305 g/mol. The van der Waals surface area contributed by atoms with Crippen molar-refractivity contribution in [2.24, 2.45) is 5.92 Å². The molecule has 1 aromatic rings. The van der Waals surface area contributed by atoms with Crippen LogP contribution in [0, 0.1) is 5.92 Å². The van der Waals surface area contributed by atoms with E-state index in [2.05, 4.69) is 24.1 Å². The number of piperidine rings is 1. The summed E-state index contributed by atoms with van der Waals surface area (Å²) in [5.74, 6) is 1.22. The minimum absolute atomic E-state index is 0.0601. The average Bonchev–Trinajstić information content (AvgIpc) is 2.54. The first-order chi connectivity index (χ1) is 10.5. The summed E-state index contributed by atoms with van der Waals surface area (Å²) in [4.78, 5) is 16.8. The van der Waals surface area contributed by atoms with Gasteiger partial charge in [0.25, 0.3) is 0 Å². The van der Waals surface area contributed by atoms with Crippen LogP contribution in [0.2, 0.25) is 0 Å². The zero-order chi connectivity index (χ0) is 16.1. The molecule has 1 heterocycles. The molecule has 1 fully saturated rings. The van der Waals surface area contributed by atoms with E-state index in [4.69, 9.17) is 4.74 Å². The van der Waals surface area contributed by atoms with Crippen LogP contribution in [-0.2, 0) is 0 Å². The van der Waals surface area contributed by atoms with Gasteiger partial charge >= 0.3 is 6.03 Å². The zero-order valence-electron chi connectivity index (χ0n) is 14.0. The van der Waals surface area contributed by atoms with Crippen LogP contribution in [0.15, 0.2) is 24.3 Å². The van der Waals surface area contributed by atoms with Gasteiger partial charge in [-0.05, 0) is 31.0 Å². The molecule has 1 N–H and O–H groups in total. The molecule has 0 aliphatic carbocycles. The molecule has 5 nitrogen and oxygen atoms in total. The summed E-state index contributed by atoms with van der Waals surface area (Å²) >= 11 is 0. The summed E-state index contributed by atoms with van der Waals surface area (Å²) in [6.45, 7) is 7.60. The molecule has 2 amide bonds. The molecule has 0 aromatic heterocycles. The highest BCUT2D eigenvalue weighted by Crippen LogP contribution is 2.22. The number of benzene rings is 1. The van der Waals surface area contributed by atoms with Gasteiger partial charge < -0.3 is 19.9 Å². The zero-order valence-corrected chi connectivity index (χ0v) is 14.0. The lowest BCUT2D eigenvalue weighted by atomic mass is 9.93. The van der Waals surface area contributed by atoms with Gasteiger partial charge in [-0.2, -0.15) is 0 Å². The number of carbonyl (C=O) groups excluding carboxylic acids is 1. The fourth-order valence-electron chi connectivity index (χ4n) is 3.15. The standard InChI is InChI=1S/C17H27N3O2/c1-5-20-10-9-16(13(2)12-20)19(3)17(21)18-14-7-6-8-15(11-14)22-4/h6-8,11,13,16H,5,9-10,12H2,1-4H3,(H,18,21)/t13-,16-/m1/s1. The first-order valence-corrected chi connectivity index (χ1v) is 7.95. The summed E-state index contributed by atoms with van der Waals surface area (Å²) in [6, 6.07) is 7.66. The third-order valence-corrected chi connectivity index (χ3v) is 4.53. The fraction of sp³-hybridized carbons (Fsp3) is 0.588. The number of ether oxygens (including phenoxy) is 1. The van der Waals surface area contributed by atoms with Gasteiger partial charge in [0, 0.05) is 37.9 Å². The molecule has 0 bridgehead atoms. The lowest BCUT2D eigenvalue weighted by Crippen LogP contribution is -2.51. The van der Waals surface area contributed by atoms with E-state index in [1.807, 2.05) is 36.2 Å². The molecule has 1 aliphatic heterocycles. The van der Waals surface area contributed by atoms with Gasteiger partial charge in [0.1, 0.15) is 5.75 Å². The number of hydrogen-bond acceptors (Lipinski definition) is 3. The van der Waals surface area contributed by atoms with Gasteiger partial charge in [-0.3, -0.25) is 0 Å². The Kier molecular flexibility index (Phi) is 5.66. The van der Waals surface area contributed by atoms with Crippen LogP contribution >= 0.6 is 0 Å². The van der Waals surface area contributed by atoms with Crippen LogP contribution in [0.5, 0.6) is 5.75 Å². The Morgan fingerprint density at radius 3 is 2.91 bits per heavy atom. The Labute approximate surface area is 133 Å². The Morgan fingerprint density at radius 2 is 2.27 bits per heavy atom. The van der Waals surface area contributed by atoms with Gasteiger partial charge in [-0.1, -0.05) is 19.9 Å². The summed E-state index contributed by atoms with van der Waals surface area (Å²) in [5.41, 5.74) is 0.759. The van der Waals surface area contributed by atoms with Crippen molar-refractivity contribution >= 4 is 11.7 Å². The number of rotatable bonds is 4. The van der Waals surface area contributed by atoms with E-state index in [1.165, 1.54) is 0 Å². The van der Waals surface area contributed by atoms with Crippen LogP contribution in [0.25, 0.3) is 0 Å². The van der Waals surface area contributed by atoms with Crippen molar-refractivity contribution in [3.63, 3.8) is 0 Å². The van der Waals surface area contributed by atoms with Crippen molar-refractivity contribution in [3.8, 4) is 5.75 Å². The van der Waals surface area contributed by atoms with Gasteiger partial charge in [-0.15, -0.1) is 0 Å². The van der Waals surface area contributed by atoms with Gasteiger partial charge in [0.2, 0.25) is 0 Å². The number of likely N-dealkylation sites (tertiary alicyclic amines) is 1. The third kappa shape index (κ3) is 3.91. The highest BCUT2D eigenvalue weighted by Gasteiger charge is 2.30. The van der Waals surface area contributed by atoms with E-state index < -0.39 is 0 Å². The highest BCUT2D eigenvalue weighted by atomic mass is 16.5. The lowest BCUT2D eigenvalue weighted by Gasteiger charge is -2.40. The minimum Gasteiger partial charge on any atom is -0.497 e. The molecule has 2 atom stereocenters. The highest BCUT2D eigenvalue weighted by molar-refractivity contribution is 5.89. The molecule has 1 saturated heterocycles. The molecule has 0 radical (unpaired) electrons. The monoisotopic (exact) mass is 305 g/mol. The predicted octanol–water partition coefficient (Wildman–Crippen LogP) is 2.89. The van der Waals surface area contributed by atoms with Crippen LogP contribution < -0.4 is 10.1 Å². The Hall–Kier alpha value is -1.75. The molecule has 22 heavy (non-hydrogen) atoms. The van der Waals surface area contributed by atoms with E-state index >= 15 is 0 Å². The van der Waals surface area contributed by atoms with E-state index in [1.54, 1.807) is 7.11 Å². The van der Waals surface area contributed by atoms with E-state index in [-0.39, 0.29) is 12.1 Å². The second-order valence-corrected chi connectivity index (χ2v) is 6.00. The second-order valence-electron chi connectivity index (χ2n) is 6.00. The minimum atomic E-state index is -0.0601. The number of urea groups is 1. The lowest BCUT2D eigenvalue weighted by molar-refractivity contribution is 0.101. The van der Waals surface area contributed by atoms with Gasteiger partial charge in [0.15, 0.2) is 0 Å². The number of amides is 2. The van der Waals surface area contributed by atoms with Crippen molar-refractivity contribution in [1.82, 2.24) is 9.80 Å². The van der Waals surface area contributed by atoms with Crippen LogP contribution in [-0.4, -0.2) is 55.7 Å². The van der Waals surface area contributed by atoms with Crippen molar-refractivity contribution in [2.75, 3.05) is 39.1 Å². The summed E-state index contributed by atoms with van der Waals surface area (Å²) in [6.07, 6.45) is 1.02. The number of nitrogens with zero attached hydrogens (tertiary/aromatic N) is 2. The molecular weight excluding hydrogens is 278 g/mol. The molecule has 122 valence electrons. The van der Waals surface area contributed by atoms with Crippen molar-refractivity contribution in [2.45, 2.75) is 26.3 Å². The van der Waals surface area contributed by atoms with Gasteiger partial charge in [0.05, 0.1) is 7.11 Å². The molecule has 0 spiro atoms. The third-order valence-electron chi connectivity index (χ3n) is 4.53. The Morgan fingerprint density at radius 1 is 1.50 bits per heavy atom. The number of anilines is 1. The smallest absolute Gasteiger partial charge is 0.321 e. The van der Waals surface area contributed by atoms with E-state index in [0.29, 0.717) is 5.92 Å². The fourth-order valence-corrected chi connectivity index (χ4v) is 3.15. The summed E-state index contributed by atoms with van der Waals surface area (Å²) in [5, 5.41) is 2.95. The van der Waals surface area contributed by atoms with Crippen LogP contribution in [0.4, 0.5) is 10.5 Å². The first kappa shape index (κ1) is 16.6. The maximum atomic E-state index is 12.5. The molecule has 0 unspecified atom stereocenters. The summed E-state index contributed by atoms with van der Waals surface area (Å²) in [7, 11) is 3.51. The van der Waals surface area contributed by atoms with Crippen LogP contribution in [0.1, 0.15) is 20.3 Å². The molecule has 2 rings (SSSR count). The Balaban J connectivity index is 1.97. The van der Waals surface area contributed by atoms with Crippen molar-refractivity contribution < 1.29 is 9.53 Å². The predicted molar refractivity (Wildman–Crippen MR) is 89.5 cm³/mol. The topological polar surface area (TPSA) is 44.8 Å². The maximum Gasteiger partial charge on any atom is 0.321 e. The van der Waals surface area contributed by atoms with Crippen molar-refractivity contribution in [3.05, 3.63) is 24.3 Å². The van der Waals surface area contributed by atoms with Crippen LogP contribution in [0.3, 0.4) is 0 Å². The maximum absolute atomic E-state index is 12.5. The molecule has 0 saturated carbocycles. The SMILES string of the molecule is CCN1CC[C@@H](N(C)C(=O)Nc2cccc(OC)c2)[C@H](C)C1. The molecule has 1 aromatic carbocycles. The number of carbonyl (C=O) groups is 1. The Bertz CT molecular complexity index is 506.